The zero-order valence-corrected chi connectivity index (χ0v) is 14.0. The molecule has 4 nitrogen and oxygen atoms in total. The Labute approximate surface area is 135 Å². The van der Waals surface area contributed by atoms with Gasteiger partial charge in [-0.15, -0.1) is 0 Å². The Kier molecular flexibility index (Phi) is 7.19. The van der Waals surface area contributed by atoms with Crippen LogP contribution in [0.2, 0.25) is 0 Å². The summed E-state index contributed by atoms with van der Waals surface area (Å²) in [5.74, 6) is 0.145. The molecule has 21 heavy (non-hydrogen) atoms. The highest BCUT2D eigenvalue weighted by Crippen LogP contribution is 2.17. The molecule has 1 aromatic carbocycles. The summed E-state index contributed by atoms with van der Waals surface area (Å²) in [5.41, 5.74) is 1.19. The maximum Gasteiger partial charge on any atom is 0.220 e. The highest BCUT2D eigenvalue weighted by atomic mass is 79.9. The van der Waals surface area contributed by atoms with Crippen molar-refractivity contribution in [3.63, 3.8) is 0 Å². The maximum atomic E-state index is 11.8. The first kappa shape index (κ1) is 16.5. The van der Waals surface area contributed by atoms with Crippen LogP contribution < -0.4 is 10.6 Å². The Morgan fingerprint density at radius 3 is 2.81 bits per heavy atom. The van der Waals surface area contributed by atoms with Gasteiger partial charge in [0.25, 0.3) is 0 Å². The lowest BCUT2D eigenvalue weighted by atomic mass is 10.1. The summed E-state index contributed by atoms with van der Waals surface area (Å²) in [6.07, 6.45) is 2.36. The van der Waals surface area contributed by atoms with E-state index >= 15 is 0 Å². The number of rotatable bonds is 7. The lowest BCUT2D eigenvalue weighted by molar-refractivity contribution is -0.121. The average Bonchev–Trinajstić information content (AvgIpc) is 2.52. The van der Waals surface area contributed by atoms with Gasteiger partial charge in [0, 0.05) is 43.6 Å². The van der Waals surface area contributed by atoms with Crippen LogP contribution in [0.15, 0.2) is 28.7 Å². The van der Waals surface area contributed by atoms with Crippen LogP contribution in [-0.4, -0.2) is 50.1 Å². The topological polar surface area (TPSA) is 44.4 Å². The van der Waals surface area contributed by atoms with E-state index in [9.17, 15) is 4.79 Å². The molecule has 2 N–H and O–H groups in total. The third kappa shape index (κ3) is 6.16. The monoisotopic (exact) mass is 353 g/mol. The number of piperazine rings is 1. The molecule has 1 fully saturated rings. The van der Waals surface area contributed by atoms with Crippen molar-refractivity contribution in [2.24, 2.45) is 0 Å². The molecule has 1 aliphatic heterocycles. The molecule has 1 saturated heterocycles. The Balaban J connectivity index is 1.56. The van der Waals surface area contributed by atoms with E-state index in [4.69, 9.17) is 0 Å². The minimum atomic E-state index is 0.145. The predicted molar refractivity (Wildman–Crippen MR) is 89.4 cm³/mol. The van der Waals surface area contributed by atoms with Gasteiger partial charge >= 0.3 is 0 Å². The molecule has 2 rings (SSSR count). The third-order valence-electron chi connectivity index (χ3n) is 3.76. The molecule has 116 valence electrons. The van der Waals surface area contributed by atoms with Crippen LogP contribution in [0.1, 0.15) is 18.4 Å². The van der Waals surface area contributed by atoms with Gasteiger partial charge in [0.05, 0.1) is 0 Å². The summed E-state index contributed by atoms with van der Waals surface area (Å²) < 4.78 is 1.08. The minimum absolute atomic E-state index is 0.145. The standard InChI is InChI=1S/C16H24BrN3O/c17-15-5-2-1-4-14(15)6-7-16(21)19-8-3-11-20-12-9-18-10-13-20/h1-2,4-5,18H,3,6-13H2,(H,19,21). The zero-order chi connectivity index (χ0) is 14.9. The molecular formula is C16H24BrN3O. The number of benzene rings is 1. The van der Waals surface area contributed by atoms with Gasteiger partial charge in [0.2, 0.25) is 5.91 Å². The zero-order valence-electron chi connectivity index (χ0n) is 12.4. The lowest BCUT2D eigenvalue weighted by Crippen LogP contribution is -2.44. The molecular weight excluding hydrogens is 330 g/mol. The van der Waals surface area contributed by atoms with Crippen molar-refractivity contribution < 1.29 is 4.79 Å². The molecule has 0 saturated carbocycles. The highest BCUT2D eigenvalue weighted by Gasteiger charge is 2.09. The first-order valence-corrected chi connectivity index (χ1v) is 8.48. The number of nitrogens with zero attached hydrogens (tertiary/aromatic N) is 1. The van der Waals surface area contributed by atoms with Crippen molar-refractivity contribution in [1.29, 1.82) is 0 Å². The molecule has 1 amide bonds. The Morgan fingerprint density at radius 1 is 1.29 bits per heavy atom. The SMILES string of the molecule is O=C(CCc1ccccc1Br)NCCCN1CCNCC1. The van der Waals surface area contributed by atoms with E-state index in [1.54, 1.807) is 0 Å². The van der Waals surface area contributed by atoms with E-state index in [2.05, 4.69) is 37.5 Å². The number of nitrogens with one attached hydrogen (secondary N) is 2. The van der Waals surface area contributed by atoms with Gasteiger partial charge in [-0.25, -0.2) is 0 Å². The second kappa shape index (κ2) is 9.18. The quantitative estimate of drug-likeness (QED) is 0.734. The first-order valence-electron chi connectivity index (χ1n) is 7.69. The van der Waals surface area contributed by atoms with Crippen molar-refractivity contribution >= 4 is 21.8 Å². The van der Waals surface area contributed by atoms with Crippen LogP contribution >= 0.6 is 15.9 Å². The molecule has 0 unspecified atom stereocenters. The Morgan fingerprint density at radius 2 is 2.05 bits per heavy atom. The van der Waals surface area contributed by atoms with E-state index in [1.807, 2.05) is 18.2 Å². The molecule has 1 heterocycles. The fraction of sp³-hybridized carbons (Fsp3) is 0.562. The first-order chi connectivity index (χ1) is 10.3. The van der Waals surface area contributed by atoms with Crippen LogP contribution in [0.3, 0.4) is 0 Å². The van der Waals surface area contributed by atoms with Gasteiger partial charge in [0.15, 0.2) is 0 Å². The number of aryl methyl sites for hydroxylation is 1. The summed E-state index contributed by atoms with van der Waals surface area (Å²) >= 11 is 3.51. The van der Waals surface area contributed by atoms with Crippen LogP contribution in [0, 0.1) is 0 Å². The van der Waals surface area contributed by atoms with Gasteiger partial charge in [-0.05, 0) is 31.0 Å². The fourth-order valence-electron chi connectivity index (χ4n) is 2.50. The molecule has 5 heteroatoms. The third-order valence-corrected chi connectivity index (χ3v) is 4.54. The summed E-state index contributed by atoms with van der Waals surface area (Å²) in [7, 11) is 0. The molecule has 0 aromatic heterocycles. The van der Waals surface area contributed by atoms with Crippen molar-refractivity contribution in [1.82, 2.24) is 15.5 Å². The van der Waals surface area contributed by atoms with Crippen LogP contribution in [0.4, 0.5) is 0 Å². The lowest BCUT2D eigenvalue weighted by Gasteiger charge is -2.27. The second-order valence-corrected chi connectivity index (χ2v) is 6.24. The largest absolute Gasteiger partial charge is 0.356 e. The minimum Gasteiger partial charge on any atom is -0.356 e. The van der Waals surface area contributed by atoms with Crippen LogP contribution in [0.25, 0.3) is 0 Å². The van der Waals surface area contributed by atoms with Crippen molar-refractivity contribution in [3.05, 3.63) is 34.3 Å². The number of halogens is 1. The molecule has 1 aliphatic rings. The smallest absolute Gasteiger partial charge is 0.220 e. The van der Waals surface area contributed by atoms with E-state index in [-0.39, 0.29) is 5.91 Å². The normalized spacial score (nSPS) is 15.9. The number of hydrogen-bond acceptors (Lipinski definition) is 3. The molecule has 0 atom stereocenters. The summed E-state index contributed by atoms with van der Waals surface area (Å²) in [4.78, 5) is 14.3. The van der Waals surface area contributed by atoms with Crippen molar-refractivity contribution in [2.45, 2.75) is 19.3 Å². The van der Waals surface area contributed by atoms with Gasteiger partial charge in [-0.1, -0.05) is 34.1 Å². The van der Waals surface area contributed by atoms with Crippen molar-refractivity contribution in [2.75, 3.05) is 39.3 Å². The van der Waals surface area contributed by atoms with E-state index in [0.29, 0.717) is 6.42 Å². The van der Waals surface area contributed by atoms with Gasteiger partial charge in [-0.2, -0.15) is 0 Å². The Bertz CT molecular complexity index is 447. The number of carbonyl (C=O) groups is 1. The molecule has 0 bridgehead atoms. The number of hydrogen-bond donors (Lipinski definition) is 2. The average molecular weight is 354 g/mol. The van der Waals surface area contributed by atoms with Crippen LogP contribution in [0.5, 0.6) is 0 Å². The molecule has 0 spiro atoms. The highest BCUT2D eigenvalue weighted by molar-refractivity contribution is 9.10. The van der Waals surface area contributed by atoms with Crippen molar-refractivity contribution in [3.8, 4) is 0 Å². The predicted octanol–water partition coefficient (Wildman–Crippen LogP) is 1.79. The van der Waals surface area contributed by atoms with E-state index in [0.717, 1.165) is 56.6 Å². The summed E-state index contributed by atoms with van der Waals surface area (Å²) in [6.45, 7) is 6.26. The fourth-order valence-corrected chi connectivity index (χ4v) is 2.99. The molecule has 0 aliphatic carbocycles. The Hall–Kier alpha value is -0.910. The number of carbonyl (C=O) groups excluding carboxylic acids is 1. The molecule has 1 aromatic rings. The summed E-state index contributed by atoms with van der Waals surface area (Å²) in [5, 5.41) is 6.36. The van der Waals surface area contributed by atoms with Gasteiger partial charge < -0.3 is 15.5 Å². The van der Waals surface area contributed by atoms with E-state index < -0.39 is 0 Å². The molecule has 0 radical (unpaired) electrons. The van der Waals surface area contributed by atoms with Crippen LogP contribution in [-0.2, 0) is 11.2 Å². The second-order valence-electron chi connectivity index (χ2n) is 5.39. The number of amides is 1. The summed E-state index contributed by atoms with van der Waals surface area (Å²) in [6, 6.07) is 8.07. The van der Waals surface area contributed by atoms with E-state index in [1.165, 1.54) is 5.56 Å². The van der Waals surface area contributed by atoms with Gasteiger partial charge in [-0.3, -0.25) is 4.79 Å². The maximum absolute atomic E-state index is 11.8. The van der Waals surface area contributed by atoms with Gasteiger partial charge in [0.1, 0.15) is 0 Å².